The summed E-state index contributed by atoms with van der Waals surface area (Å²) in [5.74, 6) is 1.24. The second kappa shape index (κ2) is 11.0. The summed E-state index contributed by atoms with van der Waals surface area (Å²) in [6.45, 7) is 2.83. The maximum atomic E-state index is 11.3. The van der Waals surface area contributed by atoms with E-state index in [4.69, 9.17) is 9.47 Å². The summed E-state index contributed by atoms with van der Waals surface area (Å²) in [5, 5.41) is 4.24. The van der Waals surface area contributed by atoms with Crippen molar-refractivity contribution in [3.8, 4) is 5.88 Å². The number of hydrogen-bond acceptors (Lipinski definition) is 9. The molecule has 1 aliphatic rings. The third kappa shape index (κ3) is 5.92. The highest BCUT2D eigenvalue weighted by Gasteiger charge is 2.18. The van der Waals surface area contributed by atoms with Gasteiger partial charge in [-0.1, -0.05) is 11.8 Å². The number of carbonyl (C=O) groups is 1. The number of nitrogens with zero attached hydrogens (tertiary/aromatic N) is 4. The number of ether oxygens (including phenoxy) is 2. The minimum absolute atomic E-state index is 0.133. The number of aromatic nitrogens is 3. The molecule has 9 heteroatoms. The lowest BCUT2D eigenvalue weighted by Crippen LogP contribution is -2.11. The minimum Gasteiger partial charge on any atom is -0.478 e. The largest absolute Gasteiger partial charge is 0.478 e. The summed E-state index contributed by atoms with van der Waals surface area (Å²) in [5.41, 5.74) is 3.00. The van der Waals surface area contributed by atoms with Crippen molar-refractivity contribution in [1.82, 2.24) is 15.0 Å². The molecule has 1 aliphatic heterocycles. The van der Waals surface area contributed by atoms with Crippen LogP contribution in [-0.4, -0.2) is 41.2 Å². The van der Waals surface area contributed by atoms with Gasteiger partial charge in [-0.05, 0) is 50.5 Å². The van der Waals surface area contributed by atoms with Crippen LogP contribution in [0.2, 0.25) is 0 Å². The van der Waals surface area contributed by atoms with E-state index < -0.39 is 0 Å². The number of fused-ring (bicyclic) bond motifs is 2. The average Bonchev–Trinajstić information content (AvgIpc) is 2.84. The molecule has 0 spiro atoms. The van der Waals surface area contributed by atoms with Crippen molar-refractivity contribution in [2.24, 2.45) is 0 Å². The highest BCUT2D eigenvalue weighted by atomic mass is 32.2. The van der Waals surface area contributed by atoms with Crippen LogP contribution in [0.1, 0.15) is 32.6 Å². The van der Waals surface area contributed by atoms with E-state index in [0.29, 0.717) is 25.5 Å². The Kier molecular flexibility index (Phi) is 7.62. The van der Waals surface area contributed by atoms with Crippen molar-refractivity contribution >= 4 is 40.6 Å². The molecule has 0 saturated carbocycles. The van der Waals surface area contributed by atoms with Gasteiger partial charge in [0, 0.05) is 42.5 Å². The van der Waals surface area contributed by atoms with Gasteiger partial charge in [0.2, 0.25) is 5.88 Å². The van der Waals surface area contributed by atoms with Crippen LogP contribution in [0.15, 0.2) is 58.8 Å². The summed E-state index contributed by atoms with van der Waals surface area (Å²) < 4.78 is 10.7. The Labute approximate surface area is 197 Å². The molecular weight excluding hydrogens is 438 g/mol. The first-order valence-electron chi connectivity index (χ1n) is 11.0. The van der Waals surface area contributed by atoms with E-state index >= 15 is 0 Å². The molecule has 0 atom stereocenters. The molecule has 0 unspecified atom stereocenters. The Morgan fingerprint density at radius 3 is 2.73 bits per heavy atom. The van der Waals surface area contributed by atoms with Crippen LogP contribution in [0.3, 0.4) is 0 Å². The molecule has 4 rings (SSSR count). The standard InChI is InChI=1S/C24H27N5O3S/c1-3-31-22(30)7-5-4-6-14-32-21-11-9-18(16-27-21)29(2)17-8-10-20-19(15-17)28-23-24(33-20)26-13-12-25-23/h8-13,15-16H,3-7,14H2,1-2H3,(H,25,28). The van der Waals surface area contributed by atoms with Crippen LogP contribution in [-0.2, 0) is 9.53 Å². The lowest BCUT2D eigenvalue weighted by Gasteiger charge is -2.23. The molecule has 1 aromatic carbocycles. The fourth-order valence-corrected chi connectivity index (χ4v) is 4.27. The van der Waals surface area contributed by atoms with E-state index in [9.17, 15) is 4.79 Å². The van der Waals surface area contributed by atoms with Crippen LogP contribution in [0.4, 0.5) is 22.9 Å². The molecule has 1 N–H and O–H groups in total. The first-order chi connectivity index (χ1) is 16.1. The van der Waals surface area contributed by atoms with E-state index in [0.717, 1.165) is 52.1 Å². The van der Waals surface area contributed by atoms with Gasteiger partial charge < -0.3 is 19.7 Å². The fraction of sp³-hybridized carbons (Fsp3) is 0.333. The molecule has 0 fully saturated rings. The molecule has 0 amide bonds. The first-order valence-corrected chi connectivity index (χ1v) is 11.8. The van der Waals surface area contributed by atoms with Crippen LogP contribution in [0, 0.1) is 0 Å². The SMILES string of the molecule is CCOC(=O)CCCCCOc1ccc(N(C)c2ccc3c(c2)Nc2nccnc2S3)cn1. The summed E-state index contributed by atoms with van der Waals surface area (Å²) >= 11 is 1.61. The van der Waals surface area contributed by atoms with Crippen molar-refractivity contribution < 1.29 is 14.3 Å². The topological polar surface area (TPSA) is 89.5 Å². The number of nitrogens with one attached hydrogen (secondary N) is 1. The Morgan fingerprint density at radius 1 is 1.06 bits per heavy atom. The zero-order valence-corrected chi connectivity index (χ0v) is 19.6. The van der Waals surface area contributed by atoms with Crippen LogP contribution in [0.25, 0.3) is 0 Å². The lowest BCUT2D eigenvalue weighted by atomic mass is 10.2. The molecule has 8 nitrogen and oxygen atoms in total. The van der Waals surface area contributed by atoms with E-state index in [1.807, 2.05) is 26.1 Å². The normalized spacial score (nSPS) is 11.7. The quantitative estimate of drug-likeness (QED) is 0.246. The van der Waals surface area contributed by atoms with Gasteiger partial charge in [-0.3, -0.25) is 4.79 Å². The Morgan fingerprint density at radius 2 is 1.91 bits per heavy atom. The van der Waals surface area contributed by atoms with Gasteiger partial charge in [0.1, 0.15) is 5.03 Å². The number of hydrogen-bond donors (Lipinski definition) is 1. The second-order valence-corrected chi connectivity index (χ2v) is 8.53. The highest BCUT2D eigenvalue weighted by Crippen LogP contribution is 2.43. The molecule has 3 aromatic rings. The zero-order valence-electron chi connectivity index (χ0n) is 18.8. The van der Waals surface area contributed by atoms with Gasteiger partial charge >= 0.3 is 5.97 Å². The molecule has 0 aliphatic carbocycles. The van der Waals surface area contributed by atoms with Crippen LogP contribution in [0.5, 0.6) is 5.88 Å². The molecule has 3 heterocycles. The zero-order chi connectivity index (χ0) is 23.0. The first kappa shape index (κ1) is 22.8. The monoisotopic (exact) mass is 465 g/mol. The summed E-state index contributed by atoms with van der Waals surface area (Å²) in [6, 6.07) is 10.1. The number of pyridine rings is 1. The maximum absolute atomic E-state index is 11.3. The molecule has 0 bridgehead atoms. The molecule has 33 heavy (non-hydrogen) atoms. The van der Waals surface area contributed by atoms with E-state index in [-0.39, 0.29) is 5.97 Å². The number of esters is 1. The van der Waals surface area contributed by atoms with Crippen molar-refractivity contribution in [1.29, 1.82) is 0 Å². The predicted molar refractivity (Wildman–Crippen MR) is 129 cm³/mol. The number of rotatable bonds is 10. The van der Waals surface area contributed by atoms with Gasteiger partial charge in [0.15, 0.2) is 5.82 Å². The Balaban J connectivity index is 1.28. The highest BCUT2D eigenvalue weighted by molar-refractivity contribution is 7.99. The van der Waals surface area contributed by atoms with Crippen LogP contribution < -0.4 is 15.0 Å². The van der Waals surface area contributed by atoms with Gasteiger partial charge in [0.25, 0.3) is 0 Å². The molecule has 0 radical (unpaired) electrons. The van der Waals surface area contributed by atoms with Gasteiger partial charge in [-0.15, -0.1) is 0 Å². The molecule has 172 valence electrons. The molecule has 0 saturated heterocycles. The van der Waals surface area contributed by atoms with Crippen molar-refractivity contribution in [2.75, 3.05) is 30.5 Å². The van der Waals surface area contributed by atoms with Crippen LogP contribution >= 0.6 is 11.8 Å². The average molecular weight is 466 g/mol. The number of unbranched alkanes of at least 4 members (excludes halogenated alkanes) is 2. The van der Waals surface area contributed by atoms with Gasteiger partial charge in [0.05, 0.1) is 30.8 Å². The number of benzene rings is 1. The molecular formula is C24H27N5O3S. The summed E-state index contributed by atoms with van der Waals surface area (Å²) in [6.07, 6.45) is 8.25. The lowest BCUT2D eigenvalue weighted by molar-refractivity contribution is -0.143. The van der Waals surface area contributed by atoms with Crippen molar-refractivity contribution in [3.05, 3.63) is 48.9 Å². The van der Waals surface area contributed by atoms with E-state index in [2.05, 4.69) is 43.4 Å². The van der Waals surface area contributed by atoms with E-state index in [1.54, 1.807) is 30.4 Å². The van der Waals surface area contributed by atoms with Crippen molar-refractivity contribution in [3.63, 3.8) is 0 Å². The fourth-order valence-electron chi connectivity index (χ4n) is 3.39. The second-order valence-electron chi connectivity index (χ2n) is 7.50. The van der Waals surface area contributed by atoms with Gasteiger partial charge in [-0.25, -0.2) is 15.0 Å². The summed E-state index contributed by atoms with van der Waals surface area (Å²) in [4.78, 5) is 27.7. The van der Waals surface area contributed by atoms with E-state index in [1.165, 1.54) is 0 Å². The minimum atomic E-state index is -0.133. The summed E-state index contributed by atoms with van der Waals surface area (Å²) in [7, 11) is 2.01. The maximum Gasteiger partial charge on any atom is 0.305 e. The number of carbonyl (C=O) groups excluding carboxylic acids is 1. The predicted octanol–water partition coefficient (Wildman–Crippen LogP) is 5.35. The Hall–Kier alpha value is -3.33. The third-order valence-corrected chi connectivity index (χ3v) is 6.23. The van der Waals surface area contributed by atoms with Crippen molar-refractivity contribution in [2.45, 2.75) is 42.5 Å². The number of anilines is 4. The molecule has 2 aromatic heterocycles. The van der Waals surface area contributed by atoms with Gasteiger partial charge in [-0.2, -0.15) is 0 Å². The third-order valence-electron chi connectivity index (χ3n) is 5.16. The smallest absolute Gasteiger partial charge is 0.305 e. The Bertz CT molecular complexity index is 1090.